The summed E-state index contributed by atoms with van der Waals surface area (Å²) >= 11 is 5.99. The summed E-state index contributed by atoms with van der Waals surface area (Å²) in [5.41, 5.74) is 1.22. The lowest BCUT2D eigenvalue weighted by atomic mass is 9.95. The van der Waals surface area contributed by atoms with Crippen molar-refractivity contribution in [1.82, 2.24) is 0 Å². The van der Waals surface area contributed by atoms with E-state index in [4.69, 9.17) is 21.1 Å². The van der Waals surface area contributed by atoms with Crippen LogP contribution in [0.25, 0.3) is 5.76 Å². The van der Waals surface area contributed by atoms with Gasteiger partial charge in [-0.2, -0.15) is 0 Å². The van der Waals surface area contributed by atoms with Gasteiger partial charge in [-0.3, -0.25) is 14.5 Å². The number of nitrogens with zero attached hydrogens (tertiary/aromatic N) is 1. The van der Waals surface area contributed by atoms with Crippen molar-refractivity contribution >= 4 is 34.7 Å². The van der Waals surface area contributed by atoms with E-state index in [2.05, 4.69) is 0 Å². The molecular weight excluding hydrogens is 434 g/mol. The van der Waals surface area contributed by atoms with E-state index in [9.17, 15) is 19.8 Å². The Hall–Kier alpha value is -3.97. The number of benzene rings is 3. The fourth-order valence-electron chi connectivity index (χ4n) is 3.87. The summed E-state index contributed by atoms with van der Waals surface area (Å²) in [7, 11) is 0. The number of hydrogen-bond acceptors (Lipinski definition) is 6. The number of rotatable bonds is 3. The maximum atomic E-state index is 13.1. The summed E-state index contributed by atoms with van der Waals surface area (Å²) in [6.07, 6.45) is 0. The van der Waals surface area contributed by atoms with E-state index in [-0.39, 0.29) is 23.9 Å². The van der Waals surface area contributed by atoms with Crippen molar-refractivity contribution in [3.63, 3.8) is 0 Å². The van der Waals surface area contributed by atoms with Gasteiger partial charge in [0, 0.05) is 16.3 Å². The number of amides is 1. The average Bonchev–Trinajstić information content (AvgIpc) is 3.37. The smallest absolute Gasteiger partial charge is 0.300 e. The molecule has 0 aromatic heterocycles. The van der Waals surface area contributed by atoms with Crippen molar-refractivity contribution in [3.05, 3.63) is 88.5 Å². The van der Waals surface area contributed by atoms with E-state index in [0.717, 1.165) is 0 Å². The molecule has 1 amide bonds. The van der Waals surface area contributed by atoms with Crippen LogP contribution in [0.2, 0.25) is 5.02 Å². The van der Waals surface area contributed by atoms with Gasteiger partial charge in [0.2, 0.25) is 6.79 Å². The number of carbonyl (C=O) groups excluding carboxylic acids is 2. The molecule has 2 aliphatic heterocycles. The number of aliphatic hydroxyl groups is 1. The molecular formula is C24H16ClNO6. The Balaban J connectivity index is 1.70. The van der Waals surface area contributed by atoms with Crippen LogP contribution in [0.15, 0.2) is 72.3 Å². The molecule has 0 spiro atoms. The third-order valence-electron chi connectivity index (χ3n) is 5.40. The lowest BCUT2D eigenvalue weighted by molar-refractivity contribution is -0.132. The van der Waals surface area contributed by atoms with Gasteiger partial charge in [-0.05, 0) is 60.2 Å². The van der Waals surface area contributed by atoms with E-state index >= 15 is 0 Å². The molecule has 1 fully saturated rings. The summed E-state index contributed by atoms with van der Waals surface area (Å²) in [6, 6.07) is 16.4. The van der Waals surface area contributed by atoms with Crippen LogP contribution in [-0.2, 0) is 9.59 Å². The van der Waals surface area contributed by atoms with Crippen LogP contribution in [0.5, 0.6) is 17.2 Å². The molecule has 1 unspecified atom stereocenters. The highest BCUT2D eigenvalue weighted by Crippen LogP contribution is 2.43. The second kappa shape index (κ2) is 7.62. The van der Waals surface area contributed by atoms with E-state index < -0.39 is 17.7 Å². The van der Waals surface area contributed by atoms with Gasteiger partial charge in [-0.15, -0.1) is 0 Å². The van der Waals surface area contributed by atoms with E-state index in [1.807, 2.05) is 0 Å². The van der Waals surface area contributed by atoms with Crippen molar-refractivity contribution in [2.24, 2.45) is 0 Å². The van der Waals surface area contributed by atoms with Crippen molar-refractivity contribution in [2.75, 3.05) is 11.7 Å². The number of fused-ring (bicyclic) bond motifs is 1. The number of aromatic hydroxyl groups is 1. The van der Waals surface area contributed by atoms with Gasteiger partial charge >= 0.3 is 0 Å². The Bertz CT molecular complexity index is 1270. The standard InChI is InChI=1S/C24H16ClNO6/c25-15-4-6-16(7-5-15)26-21(13-1-8-17(27)9-2-13)20(23(29)24(26)30)22(28)14-3-10-18-19(11-14)32-12-31-18/h1-11,21,27-28H,12H2/b22-20-. The average molecular weight is 450 g/mol. The Morgan fingerprint density at radius 1 is 0.938 bits per heavy atom. The van der Waals surface area contributed by atoms with Crippen LogP contribution in [0.4, 0.5) is 5.69 Å². The first kappa shape index (κ1) is 20.0. The summed E-state index contributed by atoms with van der Waals surface area (Å²) in [6.45, 7) is 0.0635. The molecule has 1 saturated heterocycles. The maximum absolute atomic E-state index is 13.1. The van der Waals surface area contributed by atoms with Gasteiger partial charge in [0.05, 0.1) is 11.6 Å². The molecule has 2 heterocycles. The molecule has 3 aromatic carbocycles. The molecule has 3 aromatic rings. The number of aliphatic hydroxyl groups excluding tert-OH is 1. The largest absolute Gasteiger partial charge is 0.508 e. The molecule has 8 heteroatoms. The number of Topliss-reactive ketones (excluding diaryl/α,β-unsaturated/α-hetero) is 1. The molecule has 0 saturated carbocycles. The van der Waals surface area contributed by atoms with E-state index in [0.29, 0.717) is 33.3 Å². The zero-order chi connectivity index (χ0) is 22.4. The lowest BCUT2D eigenvalue weighted by Gasteiger charge is -2.25. The fraction of sp³-hybridized carbons (Fsp3) is 0.0833. The van der Waals surface area contributed by atoms with Crippen molar-refractivity contribution < 1.29 is 29.3 Å². The predicted molar refractivity (Wildman–Crippen MR) is 117 cm³/mol. The molecule has 0 bridgehead atoms. The number of anilines is 1. The number of ether oxygens (including phenoxy) is 2. The van der Waals surface area contributed by atoms with Gasteiger partial charge in [-0.25, -0.2) is 0 Å². The fourth-order valence-corrected chi connectivity index (χ4v) is 4.00. The van der Waals surface area contributed by atoms with E-state index in [1.54, 1.807) is 54.6 Å². The minimum Gasteiger partial charge on any atom is -0.508 e. The quantitative estimate of drug-likeness (QED) is 0.349. The molecule has 7 nitrogen and oxygen atoms in total. The summed E-state index contributed by atoms with van der Waals surface area (Å²) < 4.78 is 10.7. The molecule has 1 atom stereocenters. The molecule has 5 rings (SSSR count). The van der Waals surface area contributed by atoms with Crippen LogP contribution in [0.1, 0.15) is 17.2 Å². The number of hydrogen-bond donors (Lipinski definition) is 2. The zero-order valence-corrected chi connectivity index (χ0v) is 17.2. The number of carbonyl (C=O) groups is 2. The second-order valence-electron chi connectivity index (χ2n) is 7.31. The van der Waals surface area contributed by atoms with Crippen LogP contribution >= 0.6 is 11.6 Å². The van der Waals surface area contributed by atoms with Gasteiger partial charge in [0.25, 0.3) is 11.7 Å². The number of phenols is 1. The lowest BCUT2D eigenvalue weighted by Crippen LogP contribution is -2.29. The van der Waals surface area contributed by atoms with Gasteiger partial charge < -0.3 is 19.7 Å². The Labute approximate surface area is 187 Å². The molecule has 32 heavy (non-hydrogen) atoms. The van der Waals surface area contributed by atoms with Crippen LogP contribution in [-0.4, -0.2) is 28.7 Å². The topological polar surface area (TPSA) is 96.3 Å². The van der Waals surface area contributed by atoms with Crippen molar-refractivity contribution in [2.45, 2.75) is 6.04 Å². The zero-order valence-electron chi connectivity index (χ0n) is 16.5. The molecule has 160 valence electrons. The first-order valence-electron chi connectivity index (χ1n) is 9.69. The maximum Gasteiger partial charge on any atom is 0.300 e. The van der Waals surface area contributed by atoms with Crippen LogP contribution in [0, 0.1) is 0 Å². The Morgan fingerprint density at radius 3 is 2.34 bits per heavy atom. The van der Waals surface area contributed by atoms with Crippen LogP contribution < -0.4 is 14.4 Å². The molecule has 2 N–H and O–H groups in total. The third kappa shape index (κ3) is 3.23. The van der Waals surface area contributed by atoms with Gasteiger partial charge in [-0.1, -0.05) is 23.7 Å². The minimum absolute atomic E-state index is 0.0352. The number of phenolic OH excluding ortho intramolecular Hbond substituents is 1. The van der Waals surface area contributed by atoms with Crippen molar-refractivity contribution in [1.29, 1.82) is 0 Å². The number of ketones is 1. The highest BCUT2D eigenvalue weighted by molar-refractivity contribution is 6.51. The normalized spacial score (nSPS) is 18.9. The molecule has 0 aliphatic carbocycles. The Morgan fingerprint density at radius 2 is 1.62 bits per heavy atom. The van der Waals surface area contributed by atoms with Gasteiger partial charge in [0.1, 0.15) is 11.5 Å². The third-order valence-corrected chi connectivity index (χ3v) is 5.66. The van der Waals surface area contributed by atoms with Gasteiger partial charge in [0.15, 0.2) is 11.5 Å². The summed E-state index contributed by atoms with van der Waals surface area (Å²) in [5.74, 6) is -0.953. The first-order chi connectivity index (χ1) is 15.4. The second-order valence-corrected chi connectivity index (χ2v) is 7.74. The first-order valence-corrected chi connectivity index (χ1v) is 10.1. The summed E-state index contributed by atoms with van der Waals surface area (Å²) in [4.78, 5) is 27.5. The minimum atomic E-state index is -0.915. The highest BCUT2D eigenvalue weighted by Gasteiger charge is 2.47. The number of halogens is 1. The molecule has 2 aliphatic rings. The van der Waals surface area contributed by atoms with Crippen LogP contribution in [0.3, 0.4) is 0 Å². The molecule has 0 radical (unpaired) electrons. The monoisotopic (exact) mass is 449 g/mol. The summed E-state index contributed by atoms with van der Waals surface area (Å²) in [5, 5.41) is 21.3. The Kier molecular flexibility index (Phi) is 4.75. The predicted octanol–water partition coefficient (Wildman–Crippen LogP) is 4.40. The SMILES string of the molecule is O=C1C(=O)N(c2ccc(Cl)cc2)C(c2ccc(O)cc2)/C1=C(/O)c1ccc2c(c1)OCO2. The highest BCUT2D eigenvalue weighted by atomic mass is 35.5. The van der Waals surface area contributed by atoms with E-state index in [1.165, 1.54) is 17.0 Å². The van der Waals surface area contributed by atoms with Crippen molar-refractivity contribution in [3.8, 4) is 17.2 Å².